The lowest BCUT2D eigenvalue weighted by Crippen LogP contribution is -2.35. The van der Waals surface area contributed by atoms with Crippen molar-refractivity contribution in [2.75, 3.05) is 24.7 Å². The van der Waals surface area contributed by atoms with Crippen LogP contribution in [0.25, 0.3) is 0 Å². The Morgan fingerprint density at radius 3 is 2.73 bits per heavy atom. The fraction of sp³-hybridized carbons (Fsp3) is 0.500. The smallest absolute Gasteiger partial charge is 0.0480 e. The van der Waals surface area contributed by atoms with E-state index in [1.807, 2.05) is 0 Å². The molecule has 1 saturated heterocycles. The molecule has 0 unspecified atom stereocenters. The molecule has 2 N–H and O–H groups in total. The highest BCUT2D eigenvalue weighted by Crippen LogP contribution is 2.26. The van der Waals surface area contributed by atoms with Gasteiger partial charge in [-0.25, -0.2) is 0 Å². The van der Waals surface area contributed by atoms with Gasteiger partial charge in [0.25, 0.3) is 0 Å². The van der Waals surface area contributed by atoms with Crippen molar-refractivity contribution in [1.29, 1.82) is 0 Å². The van der Waals surface area contributed by atoms with E-state index in [1.54, 1.807) is 11.8 Å². The summed E-state index contributed by atoms with van der Waals surface area (Å²) in [5.41, 5.74) is 1.29. The molecule has 1 aliphatic heterocycles. The van der Waals surface area contributed by atoms with Crippen LogP contribution >= 0.6 is 11.8 Å². The summed E-state index contributed by atoms with van der Waals surface area (Å²) in [6.45, 7) is 2.28. The molecule has 0 saturated carbocycles. The summed E-state index contributed by atoms with van der Waals surface area (Å²) in [6.07, 6.45) is 4.58. The Kier molecular flexibility index (Phi) is 3.92. The molecule has 82 valence electrons. The second-order valence-corrected chi connectivity index (χ2v) is 4.72. The number of hydrogen-bond acceptors (Lipinski definition) is 3. The first-order chi connectivity index (χ1) is 7.40. The van der Waals surface area contributed by atoms with Crippen LogP contribution in [0.1, 0.15) is 12.8 Å². The summed E-state index contributed by atoms with van der Waals surface area (Å²) in [4.78, 5) is 1.34. The normalized spacial score (nSPS) is 17.7. The molecule has 1 fully saturated rings. The zero-order chi connectivity index (χ0) is 10.5. The van der Waals surface area contributed by atoms with E-state index in [1.165, 1.54) is 23.4 Å². The molecule has 0 spiro atoms. The molecule has 0 aliphatic carbocycles. The zero-order valence-corrected chi connectivity index (χ0v) is 9.94. The first-order valence-corrected chi connectivity index (χ1v) is 6.73. The zero-order valence-electron chi connectivity index (χ0n) is 9.12. The van der Waals surface area contributed by atoms with Crippen molar-refractivity contribution in [2.45, 2.75) is 23.8 Å². The third-order valence-corrected chi connectivity index (χ3v) is 3.60. The van der Waals surface area contributed by atoms with Crippen molar-refractivity contribution in [3.05, 3.63) is 24.3 Å². The summed E-state index contributed by atoms with van der Waals surface area (Å²) < 4.78 is 0. The number of rotatable bonds is 3. The van der Waals surface area contributed by atoms with Gasteiger partial charge in [0.1, 0.15) is 0 Å². The highest BCUT2D eigenvalue weighted by atomic mass is 32.2. The van der Waals surface area contributed by atoms with Gasteiger partial charge in [-0.3, -0.25) is 0 Å². The predicted molar refractivity (Wildman–Crippen MR) is 67.7 cm³/mol. The van der Waals surface area contributed by atoms with E-state index < -0.39 is 0 Å². The van der Waals surface area contributed by atoms with Crippen molar-refractivity contribution < 1.29 is 0 Å². The largest absolute Gasteiger partial charge is 0.381 e. The van der Waals surface area contributed by atoms with E-state index in [9.17, 15) is 0 Å². The van der Waals surface area contributed by atoms with Crippen LogP contribution in [-0.2, 0) is 0 Å². The first-order valence-electron chi connectivity index (χ1n) is 5.50. The van der Waals surface area contributed by atoms with E-state index in [-0.39, 0.29) is 0 Å². The van der Waals surface area contributed by atoms with Gasteiger partial charge in [-0.05, 0) is 44.3 Å². The van der Waals surface area contributed by atoms with Gasteiger partial charge in [-0.15, -0.1) is 11.8 Å². The van der Waals surface area contributed by atoms with Gasteiger partial charge in [0.05, 0.1) is 0 Å². The van der Waals surface area contributed by atoms with Gasteiger partial charge in [0.15, 0.2) is 0 Å². The summed E-state index contributed by atoms with van der Waals surface area (Å²) in [5.74, 6) is 0. The lowest BCUT2D eigenvalue weighted by atomic mass is 10.1. The van der Waals surface area contributed by atoms with Crippen LogP contribution in [0.5, 0.6) is 0 Å². The minimum Gasteiger partial charge on any atom is -0.381 e. The van der Waals surface area contributed by atoms with Crippen LogP contribution in [0.15, 0.2) is 29.2 Å². The van der Waals surface area contributed by atoms with E-state index in [0.717, 1.165) is 13.1 Å². The summed E-state index contributed by atoms with van der Waals surface area (Å²) in [6, 6.07) is 9.18. The van der Waals surface area contributed by atoms with Gasteiger partial charge in [0, 0.05) is 16.6 Å². The minimum absolute atomic E-state index is 0.638. The Hall–Kier alpha value is -0.670. The fourth-order valence-corrected chi connectivity index (χ4v) is 2.51. The van der Waals surface area contributed by atoms with Crippen molar-refractivity contribution >= 4 is 17.4 Å². The summed E-state index contributed by atoms with van der Waals surface area (Å²) in [5, 5.41) is 7.02. The summed E-state index contributed by atoms with van der Waals surface area (Å²) in [7, 11) is 0. The van der Waals surface area contributed by atoms with Crippen molar-refractivity contribution in [3.63, 3.8) is 0 Å². The second kappa shape index (κ2) is 5.42. The molecular weight excluding hydrogens is 204 g/mol. The number of piperidine rings is 1. The van der Waals surface area contributed by atoms with Crippen LogP contribution < -0.4 is 10.6 Å². The molecule has 15 heavy (non-hydrogen) atoms. The van der Waals surface area contributed by atoms with Gasteiger partial charge >= 0.3 is 0 Å². The van der Waals surface area contributed by atoms with Crippen LogP contribution in [0.2, 0.25) is 0 Å². The molecule has 0 aromatic heterocycles. The highest BCUT2D eigenvalue weighted by Gasteiger charge is 2.13. The molecule has 2 nitrogen and oxygen atoms in total. The third-order valence-electron chi connectivity index (χ3n) is 2.81. The van der Waals surface area contributed by atoms with Gasteiger partial charge in [-0.1, -0.05) is 12.1 Å². The average molecular weight is 222 g/mol. The van der Waals surface area contributed by atoms with Crippen LogP contribution in [-0.4, -0.2) is 25.4 Å². The Labute approximate surface area is 95.8 Å². The maximum Gasteiger partial charge on any atom is 0.0480 e. The lowest BCUT2D eigenvalue weighted by Gasteiger charge is -2.25. The van der Waals surface area contributed by atoms with E-state index in [4.69, 9.17) is 0 Å². The predicted octanol–water partition coefficient (Wildman–Crippen LogP) is 2.57. The number of benzene rings is 1. The van der Waals surface area contributed by atoms with E-state index in [2.05, 4.69) is 41.2 Å². The maximum atomic E-state index is 3.64. The molecule has 1 aliphatic rings. The first kappa shape index (κ1) is 10.8. The number of anilines is 1. The SMILES string of the molecule is CSc1ccccc1NC1CCNCC1. The second-order valence-electron chi connectivity index (χ2n) is 3.87. The van der Waals surface area contributed by atoms with Crippen molar-refractivity contribution in [3.8, 4) is 0 Å². The Morgan fingerprint density at radius 2 is 2.00 bits per heavy atom. The Bertz CT molecular complexity index is 308. The Balaban J connectivity index is 2.02. The van der Waals surface area contributed by atoms with Crippen LogP contribution in [0.4, 0.5) is 5.69 Å². The van der Waals surface area contributed by atoms with Crippen LogP contribution in [0, 0.1) is 0 Å². The van der Waals surface area contributed by atoms with Crippen LogP contribution in [0.3, 0.4) is 0 Å². The van der Waals surface area contributed by atoms with Crippen molar-refractivity contribution in [1.82, 2.24) is 5.32 Å². The Morgan fingerprint density at radius 1 is 1.27 bits per heavy atom. The lowest BCUT2D eigenvalue weighted by molar-refractivity contribution is 0.478. The standard InChI is InChI=1S/C12H18N2S/c1-15-12-5-3-2-4-11(12)14-10-6-8-13-9-7-10/h2-5,10,13-14H,6-9H2,1H3. The van der Waals surface area contributed by atoms with Gasteiger partial charge in [0.2, 0.25) is 0 Å². The molecule has 0 atom stereocenters. The topological polar surface area (TPSA) is 24.1 Å². The highest BCUT2D eigenvalue weighted by molar-refractivity contribution is 7.98. The van der Waals surface area contributed by atoms with E-state index in [0.29, 0.717) is 6.04 Å². The van der Waals surface area contributed by atoms with Gasteiger partial charge < -0.3 is 10.6 Å². The molecule has 0 radical (unpaired) electrons. The molecule has 0 amide bonds. The monoisotopic (exact) mass is 222 g/mol. The summed E-state index contributed by atoms with van der Waals surface area (Å²) >= 11 is 1.81. The fourth-order valence-electron chi connectivity index (χ4n) is 1.95. The molecule has 1 aromatic carbocycles. The molecule has 2 rings (SSSR count). The third kappa shape index (κ3) is 2.89. The maximum absolute atomic E-state index is 3.64. The van der Waals surface area contributed by atoms with E-state index >= 15 is 0 Å². The quantitative estimate of drug-likeness (QED) is 0.769. The minimum atomic E-state index is 0.638. The number of para-hydroxylation sites is 1. The molecular formula is C12H18N2S. The molecule has 0 bridgehead atoms. The molecule has 3 heteroatoms. The molecule has 1 heterocycles. The number of hydrogen-bond donors (Lipinski definition) is 2. The average Bonchev–Trinajstić information content (AvgIpc) is 2.31. The molecule has 1 aromatic rings. The number of thioether (sulfide) groups is 1. The van der Waals surface area contributed by atoms with Gasteiger partial charge in [-0.2, -0.15) is 0 Å². The van der Waals surface area contributed by atoms with Crippen molar-refractivity contribution in [2.24, 2.45) is 0 Å². The number of nitrogens with one attached hydrogen (secondary N) is 2.